The van der Waals surface area contributed by atoms with E-state index in [4.69, 9.17) is 21.9 Å². The minimum atomic E-state index is -0.201. The number of methoxy groups -OCH3 is 1. The molecule has 0 spiro atoms. The Kier molecular flexibility index (Phi) is 6.19. The number of anilines is 1. The Morgan fingerprint density at radius 2 is 2.07 bits per heavy atom. The van der Waals surface area contributed by atoms with Crippen LogP contribution in [0.4, 0.5) is 5.82 Å². The van der Waals surface area contributed by atoms with E-state index in [1.54, 1.807) is 25.4 Å². The van der Waals surface area contributed by atoms with Crippen molar-refractivity contribution in [3.05, 3.63) is 45.2 Å². The highest BCUT2D eigenvalue weighted by molar-refractivity contribution is 8.26. The molecule has 0 aliphatic carbocycles. The average molecular weight is 447 g/mol. The molecule has 158 valence electrons. The number of thioether (sulfide) groups is 1. The SMILES string of the molecule is COCCN1C(=O)/C(=C\c2c(N3CC[NH+](C)CC3)nc3ccccn3c2=O)SC1=S. The minimum absolute atomic E-state index is 0.191. The number of amides is 1. The third-order valence-electron chi connectivity index (χ3n) is 5.33. The molecule has 0 aromatic carbocycles. The van der Waals surface area contributed by atoms with E-state index in [2.05, 4.69) is 11.9 Å². The van der Waals surface area contributed by atoms with Gasteiger partial charge in [0.05, 0.1) is 56.8 Å². The molecule has 30 heavy (non-hydrogen) atoms. The third kappa shape index (κ3) is 4.00. The van der Waals surface area contributed by atoms with Crippen molar-refractivity contribution in [3.8, 4) is 0 Å². The number of piperazine rings is 1. The van der Waals surface area contributed by atoms with E-state index in [1.807, 2.05) is 12.1 Å². The van der Waals surface area contributed by atoms with Crippen molar-refractivity contribution in [2.45, 2.75) is 0 Å². The second-order valence-electron chi connectivity index (χ2n) is 7.35. The predicted molar refractivity (Wildman–Crippen MR) is 122 cm³/mol. The molecular weight excluding hydrogens is 422 g/mol. The second-order valence-corrected chi connectivity index (χ2v) is 9.03. The summed E-state index contributed by atoms with van der Waals surface area (Å²) in [5.41, 5.74) is 0.822. The maximum atomic E-state index is 13.3. The largest absolute Gasteiger partial charge is 0.383 e. The topological polar surface area (TPSA) is 71.6 Å². The lowest BCUT2D eigenvalue weighted by Crippen LogP contribution is -3.12. The molecule has 0 bridgehead atoms. The van der Waals surface area contributed by atoms with Gasteiger partial charge in [0, 0.05) is 13.3 Å². The Morgan fingerprint density at radius 3 is 2.80 bits per heavy atom. The van der Waals surface area contributed by atoms with Gasteiger partial charge in [-0.15, -0.1) is 0 Å². The summed E-state index contributed by atoms with van der Waals surface area (Å²) in [5, 5.41) is 0. The molecule has 4 heterocycles. The molecule has 2 aromatic heterocycles. The molecule has 2 saturated heterocycles. The van der Waals surface area contributed by atoms with Crippen molar-refractivity contribution < 1.29 is 14.4 Å². The van der Waals surface area contributed by atoms with Gasteiger partial charge in [-0.25, -0.2) is 4.98 Å². The molecule has 0 radical (unpaired) electrons. The van der Waals surface area contributed by atoms with Crippen LogP contribution in [0.25, 0.3) is 11.7 Å². The first-order valence-corrected chi connectivity index (χ1v) is 11.0. The monoisotopic (exact) mass is 446 g/mol. The van der Waals surface area contributed by atoms with Crippen LogP contribution >= 0.6 is 24.0 Å². The van der Waals surface area contributed by atoms with Crippen molar-refractivity contribution in [1.82, 2.24) is 14.3 Å². The normalized spacial score (nSPS) is 19.5. The number of hydrogen-bond donors (Lipinski definition) is 1. The number of nitrogens with one attached hydrogen (secondary N) is 1. The molecule has 0 unspecified atom stereocenters. The highest BCUT2D eigenvalue weighted by Gasteiger charge is 2.33. The first-order valence-electron chi connectivity index (χ1n) is 9.81. The van der Waals surface area contributed by atoms with Gasteiger partial charge in [0.1, 0.15) is 15.8 Å². The van der Waals surface area contributed by atoms with Crippen LogP contribution in [0.2, 0.25) is 0 Å². The highest BCUT2D eigenvalue weighted by Crippen LogP contribution is 2.33. The lowest BCUT2D eigenvalue weighted by molar-refractivity contribution is -0.880. The number of likely N-dealkylation sites (N-methyl/N-ethyl adjacent to an activating group) is 1. The zero-order valence-electron chi connectivity index (χ0n) is 17.0. The number of hydrogen-bond acceptors (Lipinski definition) is 7. The fourth-order valence-electron chi connectivity index (χ4n) is 3.57. The number of quaternary nitrogens is 1. The average Bonchev–Trinajstić information content (AvgIpc) is 3.01. The number of carbonyl (C=O) groups is 1. The quantitative estimate of drug-likeness (QED) is 0.507. The van der Waals surface area contributed by atoms with Crippen LogP contribution in [-0.2, 0) is 9.53 Å². The number of pyridine rings is 1. The van der Waals surface area contributed by atoms with E-state index in [0.717, 1.165) is 26.2 Å². The van der Waals surface area contributed by atoms with Gasteiger partial charge in [0.2, 0.25) is 0 Å². The summed E-state index contributed by atoms with van der Waals surface area (Å²) >= 11 is 6.58. The highest BCUT2D eigenvalue weighted by atomic mass is 32.2. The van der Waals surface area contributed by atoms with Gasteiger partial charge in [0.25, 0.3) is 11.5 Å². The number of ether oxygens (including phenoxy) is 1. The number of rotatable bonds is 5. The van der Waals surface area contributed by atoms with Crippen LogP contribution in [0, 0.1) is 0 Å². The summed E-state index contributed by atoms with van der Waals surface area (Å²) in [6, 6.07) is 5.48. The molecule has 2 fully saturated rings. The van der Waals surface area contributed by atoms with Gasteiger partial charge in [-0.1, -0.05) is 30.0 Å². The van der Waals surface area contributed by atoms with Gasteiger partial charge in [-0.3, -0.25) is 18.9 Å². The maximum absolute atomic E-state index is 13.3. The number of fused-ring (bicyclic) bond motifs is 1. The fraction of sp³-hybridized carbons (Fsp3) is 0.400. The van der Waals surface area contributed by atoms with Gasteiger partial charge in [-0.05, 0) is 18.2 Å². The van der Waals surface area contributed by atoms with Crippen molar-refractivity contribution in [1.29, 1.82) is 0 Å². The fourth-order valence-corrected chi connectivity index (χ4v) is 4.86. The van der Waals surface area contributed by atoms with Gasteiger partial charge in [-0.2, -0.15) is 0 Å². The number of carbonyl (C=O) groups excluding carboxylic acids is 1. The molecule has 8 nitrogen and oxygen atoms in total. The molecule has 2 aliphatic heterocycles. The Morgan fingerprint density at radius 1 is 1.30 bits per heavy atom. The number of aromatic nitrogens is 2. The van der Waals surface area contributed by atoms with E-state index in [9.17, 15) is 9.59 Å². The first-order chi connectivity index (χ1) is 14.5. The summed E-state index contributed by atoms with van der Waals surface area (Å²) in [6.45, 7) is 4.33. The molecule has 4 rings (SSSR count). The lowest BCUT2D eigenvalue weighted by Gasteiger charge is -2.31. The summed E-state index contributed by atoms with van der Waals surface area (Å²) < 4.78 is 7.06. The summed E-state index contributed by atoms with van der Waals surface area (Å²) in [7, 11) is 3.74. The number of thiocarbonyl (C=S) groups is 1. The van der Waals surface area contributed by atoms with Crippen molar-refractivity contribution in [2.75, 3.05) is 58.4 Å². The van der Waals surface area contributed by atoms with Gasteiger partial charge in [0.15, 0.2) is 0 Å². The standard InChI is InChI=1S/C20H23N5O3S2/c1-22-7-9-23(10-8-22)17-14(18(26)24-6-4-3-5-16(24)21-17)13-15-19(27)25(11-12-28-2)20(29)30-15/h3-6,13H,7-12H2,1-2H3/p+1/b15-13+. The van der Waals surface area contributed by atoms with E-state index < -0.39 is 0 Å². The van der Waals surface area contributed by atoms with Crippen LogP contribution in [0.5, 0.6) is 0 Å². The zero-order chi connectivity index (χ0) is 21.3. The van der Waals surface area contributed by atoms with Crippen molar-refractivity contribution in [3.63, 3.8) is 0 Å². The van der Waals surface area contributed by atoms with Crippen LogP contribution in [0.3, 0.4) is 0 Å². The second kappa shape index (κ2) is 8.84. The Bertz CT molecular complexity index is 1080. The molecule has 2 aliphatic rings. The molecule has 10 heteroatoms. The summed E-state index contributed by atoms with van der Waals surface area (Å²) in [5.74, 6) is 0.425. The van der Waals surface area contributed by atoms with E-state index in [1.165, 1.54) is 26.0 Å². The van der Waals surface area contributed by atoms with E-state index in [-0.39, 0.29) is 11.5 Å². The molecule has 0 atom stereocenters. The maximum Gasteiger partial charge on any atom is 0.267 e. The molecule has 1 N–H and O–H groups in total. The molecule has 0 saturated carbocycles. The van der Waals surface area contributed by atoms with Gasteiger partial charge < -0.3 is 14.5 Å². The summed E-state index contributed by atoms with van der Waals surface area (Å²) in [4.78, 5) is 36.5. The molecular formula is C20H24N5O3S2+. The summed E-state index contributed by atoms with van der Waals surface area (Å²) in [6.07, 6.45) is 3.35. The zero-order valence-corrected chi connectivity index (χ0v) is 18.6. The Balaban J connectivity index is 1.79. The lowest BCUT2D eigenvalue weighted by atomic mass is 10.2. The van der Waals surface area contributed by atoms with Crippen LogP contribution in [0.1, 0.15) is 5.56 Å². The smallest absolute Gasteiger partial charge is 0.267 e. The van der Waals surface area contributed by atoms with Crippen LogP contribution < -0.4 is 15.4 Å². The minimum Gasteiger partial charge on any atom is -0.383 e. The predicted octanol–water partition coefficient (Wildman–Crippen LogP) is -0.123. The molecule has 2 aromatic rings. The third-order valence-corrected chi connectivity index (χ3v) is 6.71. The Hall–Kier alpha value is -2.27. The van der Waals surface area contributed by atoms with Gasteiger partial charge >= 0.3 is 0 Å². The van der Waals surface area contributed by atoms with E-state index in [0.29, 0.717) is 39.4 Å². The molecule has 1 amide bonds. The first kappa shape index (κ1) is 21.0. The number of nitrogens with zero attached hydrogens (tertiary/aromatic N) is 4. The Labute approximate surface area is 184 Å². The van der Waals surface area contributed by atoms with Crippen molar-refractivity contribution >= 4 is 51.7 Å². The van der Waals surface area contributed by atoms with Crippen LogP contribution in [0.15, 0.2) is 34.1 Å². The van der Waals surface area contributed by atoms with E-state index >= 15 is 0 Å². The van der Waals surface area contributed by atoms with Crippen molar-refractivity contribution in [2.24, 2.45) is 0 Å². The van der Waals surface area contributed by atoms with Crippen LogP contribution in [-0.4, -0.2) is 78.0 Å².